The van der Waals surface area contributed by atoms with Gasteiger partial charge in [-0.1, -0.05) is 35.0 Å². The fourth-order valence-corrected chi connectivity index (χ4v) is 2.41. The first-order valence-corrected chi connectivity index (χ1v) is 8.84. The second-order valence-electron chi connectivity index (χ2n) is 5.22. The molecule has 1 atom stereocenters. The third-order valence-corrected chi connectivity index (χ3v) is 3.96. The number of aryl methyl sites for hydroxylation is 1. The molecule has 0 bridgehead atoms. The molecule has 0 fully saturated rings. The molecule has 0 aliphatic heterocycles. The predicted molar refractivity (Wildman–Crippen MR) is 90.2 cm³/mol. The molecule has 0 spiro atoms. The molecule has 1 aromatic carbocycles. The van der Waals surface area contributed by atoms with Gasteiger partial charge in [0.25, 0.3) is 0 Å². The summed E-state index contributed by atoms with van der Waals surface area (Å²) in [6.07, 6.45) is 1.85. The lowest BCUT2D eigenvalue weighted by Gasteiger charge is -2.09. The molecule has 1 amide bonds. The molecular weight excluding hydrogens is 314 g/mol. The van der Waals surface area contributed by atoms with E-state index < -0.39 is 6.10 Å². The van der Waals surface area contributed by atoms with Crippen molar-refractivity contribution in [3.63, 3.8) is 0 Å². The van der Waals surface area contributed by atoms with Crippen LogP contribution in [0.15, 0.2) is 28.8 Å². The van der Waals surface area contributed by atoms with Crippen LogP contribution >= 0.6 is 11.8 Å². The molecule has 0 saturated heterocycles. The van der Waals surface area contributed by atoms with Gasteiger partial charge in [-0.2, -0.15) is 16.7 Å². The lowest BCUT2D eigenvalue weighted by Crippen LogP contribution is -2.36. The van der Waals surface area contributed by atoms with Crippen LogP contribution in [0, 0.1) is 6.92 Å². The molecule has 2 rings (SSSR count). The average molecular weight is 335 g/mol. The Bertz CT molecular complexity index is 628. The van der Waals surface area contributed by atoms with Gasteiger partial charge in [0.05, 0.1) is 0 Å². The van der Waals surface area contributed by atoms with Crippen molar-refractivity contribution in [3.8, 4) is 11.4 Å². The minimum Gasteiger partial charge on any atom is -0.383 e. The Balaban J connectivity index is 1.81. The van der Waals surface area contributed by atoms with Gasteiger partial charge < -0.3 is 14.9 Å². The molecule has 0 radical (unpaired) electrons. The fourth-order valence-electron chi connectivity index (χ4n) is 1.95. The van der Waals surface area contributed by atoms with Gasteiger partial charge in [0, 0.05) is 18.5 Å². The molecule has 23 heavy (non-hydrogen) atoms. The van der Waals surface area contributed by atoms with Crippen molar-refractivity contribution in [1.29, 1.82) is 0 Å². The fraction of sp³-hybridized carbons (Fsp3) is 0.438. The van der Waals surface area contributed by atoms with Gasteiger partial charge in [-0.15, -0.1) is 0 Å². The van der Waals surface area contributed by atoms with E-state index in [2.05, 4.69) is 15.5 Å². The Kier molecular flexibility index (Phi) is 6.61. The minimum absolute atomic E-state index is 0.352. The second kappa shape index (κ2) is 8.69. The zero-order valence-electron chi connectivity index (χ0n) is 13.3. The molecule has 0 saturated carbocycles. The van der Waals surface area contributed by atoms with E-state index in [-0.39, 0.29) is 5.91 Å². The predicted octanol–water partition coefficient (Wildman–Crippen LogP) is 1.82. The standard InChI is InChI=1S/C16H21N3O3S/c1-11-3-5-12(6-4-11)15-18-14(22-19-15)7-9-17-16(21)13(20)8-10-23-2/h3-6,13,20H,7-10H2,1-2H3,(H,17,21)/t13-/m1/s1. The van der Waals surface area contributed by atoms with Crippen LogP contribution in [0.1, 0.15) is 17.9 Å². The number of benzene rings is 1. The smallest absolute Gasteiger partial charge is 0.248 e. The van der Waals surface area contributed by atoms with E-state index in [1.165, 1.54) is 5.56 Å². The molecule has 6 nitrogen and oxygen atoms in total. The molecule has 0 aliphatic rings. The van der Waals surface area contributed by atoms with Crippen molar-refractivity contribution in [2.24, 2.45) is 0 Å². The summed E-state index contributed by atoms with van der Waals surface area (Å²) in [5.74, 6) is 1.38. The van der Waals surface area contributed by atoms with Crippen molar-refractivity contribution in [3.05, 3.63) is 35.7 Å². The van der Waals surface area contributed by atoms with Crippen LogP contribution in [-0.2, 0) is 11.2 Å². The lowest BCUT2D eigenvalue weighted by molar-refractivity contribution is -0.129. The number of aromatic nitrogens is 2. The van der Waals surface area contributed by atoms with Crippen LogP contribution in [0.3, 0.4) is 0 Å². The Morgan fingerprint density at radius 2 is 2.13 bits per heavy atom. The highest BCUT2D eigenvalue weighted by Crippen LogP contribution is 2.16. The van der Waals surface area contributed by atoms with E-state index in [9.17, 15) is 9.90 Å². The van der Waals surface area contributed by atoms with Crippen LogP contribution < -0.4 is 5.32 Å². The number of aliphatic hydroxyl groups excluding tert-OH is 1. The van der Waals surface area contributed by atoms with Gasteiger partial charge in [-0.25, -0.2) is 0 Å². The molecule has 124 valence electrons. The van der Waals surface area contributed by atoms with E-state index in [1.54, 1.807) is 11.8 Å². The summed E-state index contributed by atoms with van der Waals surface area (Å²) >= 11 is 1.60. The molecule has 7 heteroatoms. The van der Waals surface area contributed by atoms with Crippen LogP contribution in [0.25, 0.3) is 11.4 Å². The lowest BCUT2D eigenvalue weighted by atomic mass is 10.1. The van der Waals surface area contributed by atoms with Gasteiger partial charge in [0.15, 0.2) is 0 Å². The number of thioether (sulfide) groups is 1. The number of hydrogen-bond donors (Lipinski definition) is 2. The van der Waals surface area contributed by atoms with Crippen molar-refractivity contribution < 1.29 is 14.4 Å². The highest BCUT2D eigenvalue weighted by molar-refractivity contribution is 7.98. The van der Waals surface area contributed by atoms with E-state index in [4.69, 9.17) is 4.52 Å². The third kappa shape index (κ3) is 5.37. The maximum absolute atomic E-state index is 11.7. The van der Waals surface area contributed by atoms with E-state index in [0.717, 1.165) is 11.3 Å². The number of nitrogens with zero attached hydrogens (tertiary/aromatic N) is 2. The summed E-state index contributed by atoms with van der Waals surface area (Å²) in [5.41, 5.74) is 2.06. The van der Waals surface area contributed by atoms with Crippen LogP contribution in [0.2, 0.25) is 0 Å². The van der Waals surface area contributed by atoms with Crippen molar-refractivity contribution in [1.82, 2.24) is 15.5 Å². The zero-order valence-corrected chi connectivity index (χ0v) is 14.1. The Labute approximate surface area is 139 Å². The van der Waals surface area contributed by atoms with E-state index in [1.807, 2.05) is 37.4 Å². The number of aliphatic hydroxyl groups is 1. The number of nitrogens with one attached hydrogen (secondary N) is 1. The normalized spacial score (nSPS) is 12.1. The minimum atomic E-state index is -0.965. The SMILES string of the molecule is CSCC[C@@H](O)C(=O)NCCc1nc(-c2ccc(C)cc2)no1. The van der Waals surface area contributed by atoms with Crippen LogP contribution in [0.4, 0.5) is 0 Å². The highest BCUT2D eigenvalue weighted by Gasteiger charge is 2.14. The molecule has 2 aromatic rings. The maximum atomic E-state index is 11.7. The summed E-state index contributed by atoms with van der Waals surface area (Å²) in [6.45, 7) is 2.37. The first-order chi connectivity index (χ1) is 11.1. The number of carbonyl (C=O) groups excluding carboxylic acids is 1. The van der Waals surface area contributed by atoms with Gasteiger partial charge >= 0.3 is 0 Å². The van der Waals surface area contributed by atoms with E-state index >= 15 is 0 Å². The largest absolute Gasteiger partial charge is 0.383 e. The Hall–Kier alpha value is -1.86. The van der Waals surface area contributed by atoms with Gasteiger partial charge in [0.2, 0.25) is 17.6 Å². The topological polar surface area (TPSA) is 88.2 Å². The molecule has 1 heterocycles. The molecule has 0 aliphatic carbocycles. The van der Waals surface area contributed by atoms with Crippen molar-refractivity contribution in [2.75, 3.05) is 18.6 Å². The Morgan fingerprint density at radius 3 is 2.83 bits per heavy atom. The molecule has 0 unspecified atom stereocenters. The second-order valence-corrected chi connectivity index (χ2v) is 6.20. The maximum Gasteiger partial charge on any atom is 0.248 e. The van der Waals surface area contributed by atoms with Gasteiger partial charge in [0.1, 0.15) is 6.10 Å². The number of amides is 1. The summed E-state index contributed by atoms with van der Waals surface area (Å²) in [4.78, 5) is 16.0. The number of rotatable bonds is 8. The van der Waals surface area contributed by atoms with Crippen LogP contribution in [0.5, 0.6) is 0 Å². The zero-order chi connectivity index (χ0) is 16.7. The summed E-state index contributed by atoms with van der Waals surface area (Å²) < 4.78 is 5.18. The third-order valence-electron chi connectivity index (χ3n) is 3.31. The molecule has 1 aromatic heterocycles. The molecule has 2 N–H and O–H groups in total. The monoisotopic (exact) mass is 335 g/mol. The van der Waals surface area contributed by atoms with E-state index in [0.29, 0.717) is 31.1 Å². The first kappa shape index (κ1) is 17.5. The first-order valence-electron chi connectivity index (χ1n) is 7.44. The van der Waals surface area contributed by atoms with Crippen molar-refractivity contribution in [2.45, 2.75) is 25.9 Å². The Morgan fingerprint density at radius 1 is 1.39 bits per heavy atom. The summed E-state index contributed by atoms with van der Waals surface area (Å²) in [7, 11) is 0. The van der Waals surface area contributed by atoms with Gasteiger partial charge in [-0.3, -0.25) is 4.79 Å². The molecular formula is C16H21N3O3S. The average Bonchev–Trinajstić information content (AvgIpc) is 3.02. The summed E-state index contributed by atoms with van der Waals surface area (Å²) in [6, 6.07) is 7.85. The quantitative estimate of drug-likeness (QED) is 0.765. The summed E-state index contributed by atoms with van der Waals surface area (Å²) in [5, 5.41) is 16.3. The van der Waals surface area contributed by atoms with Crippen LogP contribution in [-0.4, -0.2) is 45.8 Å². The number of hydrogen-bond acceptors (Lipinski definition) is 6. The van der Waals surface area contributed by atoms with Crippen molar-refractivity contribution >= 4 is 17.7 Å². The van der Waals surface area contributed by atoms with Gasteiger partial charge in [-0.05, 0) is 25.4 Å². The number of carbonyl (C=O) groups is 1. The highest BCUT2D eigenvalue weighted by atomic mass is 32.2.